The summed E-state index contributed by atoms with van der Waals surface area (Å²) in [7, 11) is 0.535. The van der Waals surface area contributed by atoms with E-state index < -0.39 is 0 Å². The topological polar surface area (TPSA) is 67.6 Å². The highest BCUT2D eigenvalue weighted by molar-refractivity contribution is 6.38. The zero-order valence-corrected chi connectivity index (χ0v) is 13.9. The molecule has 0 radical (unpaired) electrons. The van der Waals surface area contributed by atoms with Crippen molar-refractivity contribution in [3.63, 3.8) is 0 Å². The Labute approximate surface area is 141 Å². The summed E-state index contributed by atoms with van der Waals surface area (Å²) in [5, 5.41) is 11.2. The maximum absolute atomic E-state index is 11.8. The fraction of sp³-hybridized carbons (Fsp3) is 0.412. The van der Waals surface area contributed by atoms with Crippen molar-refractivity contribution in [1.29, 1.82) is 0 Å². The maximum Gasteiger partial charge on any atom is 0.366 e. The van der Waals surface area contributed by atoms with Crippen LogP contribution in [0.2, 0.25) is 0 Å². The van der Waals surface area contributed by atoms with Gasteiger partial charge in [0.1, 0.15) is 5.75 Å². The Morgan fingerprint density at radius 1 is 1.50 bits per heavy atom. The number of rotatable bonds is 1. The second-order valence-corrected chi connectivity index (χ2v) is 6.71. The summed E-state index contributed by atoms with van der Waals surface area (Å²) in [6.07, 6.45) is 6.38. The normalized spacial score (nSPS) is 22.8. The van der Waals surface area contributed by atoms with Gasteiger partial charge in [0.25, 0.3) is 0 Å². The molecule has 2 aliphatic rings. The lowest BCUT2D eigenvalue weighted by Crippen LogP contribution is -2.41. The van der Waals surface area contributed by atoms with E-state index in [-0.39, 0.29) is 11.8 Å². The number of carbonyl (C=O) groups excluding carboxylic acids is 1. The van der Waals surface area contributed by atoms with E-state index in [9.17, 15) is 10.0 Å². The zero-order valence-electron chi connectivity index (χ0n) is 13.9. The van der Waals surface area contributed by atoms with E-state index in [2.05, 4.69) is 11.9 Å². The molecule has 1 saturated heterocycles. The highest BCUT2D eigenvalue weighted by Crippen LogP contribution is 2.40. The molecule has 0 aromatic carbocycles. The van der Waals surface area contributed by atoms with Crippen molar-refractivity contribution in [2.75, 3.05) is 13.1 Å². The Kier molecular flexibility index (Phi) is 3.51. The fourth-order valence-electron chi connectivity index (χ4n) is 3.84. The first-order chi connectivity index (χ1) is 11.6. The molecular formula is C17H20BN3O3. The summed E-state index contributed by atoms with van der Waals surface area (Å²) >= 11 is 0. The molecule has 1 amide bonds. The largest absolute Gasteiger partial charge is 0.558 e. The van der Waals surface area contributed by atoms with Crippen LogP contribution in [-0.2, 0) is 4.79 Å². The van der Waals surface area contributed by atoms with Gasteiger partial charge < -0.3 is 14.8 Å². The SMILES string of the molecule is CC(=O)N1CCC(C)C(c2cn(O)c3ncc4c(c23)C=CBO4)C1. The zero-order chi connectivity index (χ0) is 16.8. The standard InChI is InChI=1S/C17H20BN3O3/c1-10-4-6-20(11(2)22)8-13(10)14-9-21(23)17-16(14)12-3-5-18-24-15(12)7-19-17/h3,5,7,9-10,13,18,23H,4,6,8H2,1-2H3. The van der Waals surface area contributed by atoms with Gasteiger partial charge in [-0.25, -0.2) is 4.98 Å². The summed E-state index contributed by atoms with van der Waals surface area (Å²) in [5.74, 6) is 3.40. The number of amides is 1. The van der Waals surface area contributed by atoms with Crippen molar-refractivity contribution in [1.82, 2.24) is 14.6 Å². The van der Waals surface area contributed by atoms with Gasteiger partial charge in [-0.1, -0.05) is 19.0 Å². The Morgan fingerprint density at radius 2 is 2.33 bits per heavy atom. The van der Waals surface area contributed by atoms with E-state index in [4.69, 9.17) is 4.65 Å². The average molecular weight is 325 g/mol. The summed E-state index contributed by atoms with van der Waals surface area (Å²) in [6, 6.07) is 0. The minimum absolute atomic E-state index is 0.100. The van der Waals surface area contributed by atoms with E-state index in [1.54, 1.807) is 19.3 Å². The van der Waals surface area contributed by atoms with Crippen molar-refractivity contribution in [3.05, 3.63) is 29.5 Å². The monoisotopic (exact) mass is 325 g/mol. The minimum Gasteiger partial charge on any atom is -0.558 e. The van der Waals surface area contributed by atoms with Crippen LogP contribution in [0.5, 0.6) is 5.75 Å². The van der Waals surface area contributed by atoms with Crippen molar-refractivity contribution in [3.8, 4) is 5.75 Å². The third-order valence-electron chi connectivity index (χ3n) is 5.25. The van der Waals surface area contributed by atoms with Crippen molar-refractivity contribution < 1.29 is 14.7 Å². The summed E-state index contributed by atoms with van der Waals surface area (Å²) in [6.45, 7) is 5.29. The molecule has 2 aliphatic heterocycles. The third kappa shape index (κ3) is 2.26. The summed E-state index contributed by atoms with van der Waals surface area (Å²) in [4.78, 5) is 18.1. The molecule has 2 unspecified atom stereocenters. The van der Waals surface area contributed by atoms with Gasteiger partial charge in [-0.05, 0) is 17.9 Å². The molecule has 0 aliphatic carbocycles. The van der Waals surface area contributed by atoms with Gasteiger partial charge in [-0.2, -0.15) is 4.73 Å². The first-order valence-electron chi connectivity index (χ1n) is 8.34. The molecular weight excluding hydrogens is 305 g/mol. The summed E-state index contributed by atoms with van der Waals surface area (Å²) in [5.41, 5.74) is 2.53. The Balaban J connectivity index is 1.87. The van der Waals surface area contributed by atoms with Crippen LogP contribution in [0.1, 0.15) is 37.3 Å². The number of aromatic nitrogens is 2. The van der Waals surface area contributed by atoms with Crippen LogP contribution in [0, 0.1) is 5.92 Å². The van der Waals surface area contributed by atoms with Crippen LogP contribution in [0.4, 0.5) is 0 Å². The molecule has 4 heterocycles. The van der Waals surface area contributed by atoms with Gasteiger partial charge >= 0.3 is 7.48 Å². The number of carbonyl (C=O) groups is 1. The van der Waals surface area contributed by atoms with Gasteiger partial charge in [0.2, 0.25) is 5.91 Å². The lowest BCUT2D eigenvalue weighted by molar-refractivity contribution is -0.130. The molecule has 0 spiro atoms. The predicted molar refractivity (Wildman–Crippen MR) is 92.5 cm³/mol. The second kappa shape index (κ2) is 5.58. The van der Waals surface area contributed by atoms with E-state index in [1.807, 2.05) is 17.0 Å². The quantitative estimate of drug-likeness (QED) is 0.643. The molecule has 124 valence electrons. The molecule has 6 nitrogen and oxygen atoms in total. The smallest absolute Gasteiger partial charge is 0.366 e. The van der Waals surface area contributed by atoms with Crippen LogP contribution in [0.3, 0.4) is 0 Å². The molecule has 2 aromatic rings. The van der Waals surface area contributed by atoms with Crippen LogP contribution < -0.4 is 4.65 Å². The third-order valence-corrected chi connectivity index (χ3v) is 5.25. The lowest BCUT2D eigenvalue weighted by Gasteiger charge is -2.36. The summed E-state index contributed by atoms with van der Waals surface area (Å²) < 4.78 is 6.75. The van der Waals surface area contributed by atoms with Crippen LogP contribution in [0.15, 0.2) is 18.4 Å². The molecule has 4 rings (SSSR count). The number of nitrogens with zero attached hydrogens (tertiary/aromatic N) is 3. The van der Waals surface area contributed by atoms with Crippen LogP contribution in [0.25, 0.3) is 17.1 Å². The number of pyridine rings is 1. The molecule has 0 saturated carbocycles. The molecule has 7 heteroatoms. The van der Waals surface area contributed by atoms with Crippen molar-refractivity contribution >= 4 is 30.5 Å². The van der Waals surface area contributed by atoms with Gasteiger partial charge in [-0.15, -0.1) is 0 Å². The minimum atomic E-state index is 0.100. The van der Waals surface area contributed by atoms with Gasteiger partial charge in [-0.3, -0.25) is 4.79 Å². The fourth-order valence-corrected chi connectivity index (χ4v) is 3.84. The number of fused-ring (bicyclic) bond motifs is 3. The first kappa shape index (κ1) is 15.1. The van der Waals surface area contributed by atoms with Crippen LogP contribution in [-0.4, -0.2) is 46.3 Å². The van der Waals surface area contributed by atoms with E-state index >= 15 is 0 Å². The Hall–Kier alpha value is -2.44. The Morgan fingerprint density at radius 3 is 3.12 bits per heavy atom. The average Bonchev–Trinajstić information content (AvgIpc) is 2.92. The molecule has 0 bridgehead atoms. The number of hydrogen-bond donors (Lipinski definition) is 1. The van der Waals surface area contributed by atoms with E-state index in [0.29, 0.717) is 25.6 Å². The van der Waals surface area contributed by atoms with Gasteiger partial charge in [0.05, 0.1) is 12.4 Å². The number of piperidine rings is 1. The Bertz CT molecular complexity index is 845. The maximum atomic E-state index is 11.8. The lowest BCUT2D eigenvalue weighted by atomic mass is 9.81. The van der Waals surface area contributed by atoms with E-state index in [1.165, 1.54) is 0 Å². The number of likely N-dealkylation sites (tertiary alicyclic amines) is 1. The molecule has 2 atom stereocenters. The van der Waals surface area contributed by atoms with Crippen LogP contribution >= 0.6 is 0 Å². The highest BCUT2D eigenvalue weighted by Gasteiger charge is 2.32. The van der Waals surface area contributed by atoms with Crippen molar-refractivity contribution in [2.24, 2.45) is 5.92 Å². The van der Waals surface area contributed by atoms with Gasteiger partial charge in [0, 0.05) is 36.9 Å². The predicted octanol–water partition coefficient (Wildman–Crippen LogP) is 1.96. The molecule has 1 N–H and O–H groups in total. The molecule has 2 aromatic heterocycles. The van der Waals surface area contributed by atoms with Crippen molar-refractivity contribution in [2.45, 2.75) is 26.2 Å². The first-order valence-corrected chi connectivity index (χ1v) is 8.34. The van der Waals surface area contributed by atoms with Gasteiger partial charge in [0.15, 0.2) is 5.65 Å². The molecule has 24 heavy (non-hydrogen) atoms. The highest BCUT2D eigenvalue weighted by atomic mass is 16.5. The number of hydrogen-bond acceptors (Lipinski definition) is 4. The van der Waals surface area contributed by atoms with E-state index in [0.717, 1.165) is 40.0 Å². The second-order valence-electron chi connectivity index (χ2n) is 6.71. The molecule has 1 fully saturated rings.